The largest absolute Gasteiger partial charge is 0.492 e. The van der Waals surface area contributed by atoms with Crippen molar-refractivity contribution < 1.29 is 17.9 Å². The Morgan fingerprint density at radius 2 is 2.00 bits per heavy atom. The van der Waals surface area contributed by atoms with E-state index in [1.807, 2.05) is 0 Å². The highest BCUT2D eigenvalue weighted by atomic mass is 79.9. The maximum atomic E-state index is 11.9. The summed E-state index contributed by atoms with van der Waals surface area (Å²) in [5, 5.41) is 0. The molecule has 0 spiro atoms. The van der Waals surface area contributed by atoms with Crippen LogP contribution < -0.4 is 4.74 Å². The van der Waals surface area contributed by atoms with Gasteiger partial charge in [-0.15, -0.1) is 11.6 Å². The van der Waals surface area contributed by atoms with E-state index in [1.165, 1.54) is 0 Å². The summed E-state index contributed by atoms with van der Waals surface area (Å²) < 4.78 is 41.6. The highest BCUT2D eigenvalue weighted by Gasteiger charge is 2.26. The molecule has 0 saturated heterocycles. The van der Waals surface area contributed by atoms with Crippen molar-refractivity contribution in [1.82, 2.24) is 0 Å². The summed E-state index contributed by atoms with van der Waals surface area (Å²) in [7, 11) is 0. The van der Waals surface area contributed by atoms with Crippen molar-refractivity contribution in [2.45, 2.75) is 24.9 Å². The normalized spacial score (nSPS) is 11.6. The molecule has 0 aliphatic rings. The Balaban J connectivity index is 2.42. The predicted octanol–water partition coefficient (Wildman–Crippen LogP) is 4.91. The molecule has 1 nitrogen and oxygen atoms in total. The van der Waals surface area contributed by atoms with E-state index in [1.54, 1.807) is 18.2 Å². The van der Waals surface area contributed by atoms with Crippen LogP contribution in [-0.2, 0) is 5.88 Å². The van der Waals surface area contributed by atoms with Crippen LogP contribution >= 0.6 is 27.5 Å². The highest BCUT2D eigenvalue weighted by molar-refractivity contribution is 9.10. The van der Waals surface area contributed by atoms with Gasteiger partial charge >= 0.3 is 6.18 Å². The third-order valence-electron chi connectivity index (χ3n) is 2.01. The smallest absolute Gasteiger partial charge is 0.389 e. The lowest BCUT2D eigenvalue weighted by Crippen LogP contribution is -2.09. The van der Waals surface area contributed by atoms with Gasteiger partial charge in [-0.05, 0) is 40.0 Å². The topological polar surface area (TPSA) is 9.23 Å². The highest BCUT2D eigenvalue weighted by Crippen LogP contribution is 2.27. The molecule has 0 aliphatic carbocycles. The van der Waals surface area contributed by atoms with Crippen molar-refractivity contribution in [2.24, 2.45) is 0 Å². The van der Waals surface area contributed by atoms with Crippen LogP contribution in [0.3, 0.4) is 0 Å². The number of halogens is 5. The lowest BCUT2D eigenvalue weighted by Gasteiger charge is -2.10. The Kier molecular flexibility index (Phi) is 5.59. The molecule has 0 atom stereocenters. The van der Waals surface area contributed by atoms with Crippen LogP contribution in [0.15, 0.2) is 22.7 Å². The molecule has 0 amide bonds. The van der Waals surface area contributed by atoms with Crippen LogP contribution in [0.2, 0.25) is 0 Å². The quantitative estimate of drug-likeness (QED) is 0.550. The lowest BCUT2D eigenvalue weighted by molar-refractivity contribution is -0.136. The minimum atomic E-state index is -4.12. The SMILES string of the molecule is FC(F)(F)CCCOc1ccc(CCl)cc1Br. The van der Waals surface area contributed by atoms with Crippen LogP contribution in [-0.4, -0.2) is 12.8 Å². The first-order valence-corrected chi connectivity index (χ1v) is 6.29. The second-order valence-corrected chi connectivity index (χ2v) is 4.59. The summed E-state index contributed by atoms with van der Waals surface area (Å²) in [6.07, 6.45) is -5.00. The number of benzene rings is 1. The number of rotatable bonds is 5. The molecule has 0 radical (unpaired) electrons. The summed E-state index contributed by atoms with van der Waals surface area (Å²) in [6.45, 7) is 0.0400. The van der Waals surface area contributed by atoms with Crippen molar-refractivity contribution >= 4 is 27.5 Å². The zero-order valence-corrected chi connectivity index (χ0v) is 11.2. The van der Waals surface area contributed by atoms with Crippen molar-refractivity contribution in [3.8, 4) is 5.75 Å². The van der Waals surface area contributed by atoms with Gasteiger partial charge in [-0.2, -0.15) is 13.2 Å². The molecule has 0 N–H and O–H groups in total. The van der Waals surface area contributed by atoms with E-state index in [0.29, 0.717) is 16.1 Å². The van der Waals surface area contributed by atoms with Gasteiger partial charge in [0.15, 0.2) is 0 Å². The average Bonchev–Trinajstić information content (AvgIpc) is 2.24. The number of ether oxygens (including phenoxy) is 1. The van der Waals surface area contributed by atoms with E-state index < -0.39 is 12.6 Å². The Bertz CT molecular complexity index is 368. The third kappa shape index (κ3) is 5.64. The van der Waals surface area contributed by atoms with Crippen molar-refractivity contribution in [3.05, 3.63) is 28.2 Å². The minimum Gasteiger partial charge on any atom is -0.492 e. The van der Waals surface area contributed by atoms with Gasteiger partial charge < -0.3 is 4.74 Å². The van der Waals surface area contributed by atoms with E-state index in [-0.39, 0.29) is 13.0 Å². The first-order valence-electron chi connectivity index (χ1n) is 4.96. The van der Waals surface area contributed by atoms with E-state index in [4.69, 9.17) is 16.3 Å². The molecule has 6 heteroatoms. The fourth-order valence-electron chi connectivity index (χ4n) is 1.20. The van der Waals surface area contributed by atoms with Crippen LogP contribution in [0.5, 0.6) is 5.75 Å². The average molecular weight is 332 g/mol. The molecule has 0 saturated carbocycles. The molecule has 0 aliphatic heterocycles. The number of hydrogen-bond donors (Lipinski definition) is 0. The third-order valence-corrected chi connectivity index (χ3v) is 2.94. The van der Waals surface area contributed by atoms with Gasteiger partial charge in [0.05, 0.1) is 11.1 Å². The molecule has 1 aromatic rings. The van der Waals surface area contributed by atoms with Gasteiger partial charge in [0, 0.05) is 12.3 Å². The molecule has 0 bridgehead atoms. The summed E-state index contributed by atoms with van der Waals surface area (Å²) in [5.41, 5.74) is 0.918. The van der Waals surface area contributed by atoms with E-state index >= 15 is 0 Å². The predicted molar refractivity (Wildman–Crippen MR) is 64.5 cm³/mol. The molecule has 96 valence electrons. The molecule has 17 heavy (non-hydrogen) atoms. The number of alkyl halides is 4. The van der Waals surface area contributed by atoms with E-state index in [0.717, 1.165) is 5.56 Å². The second-order valence-electron chi connectivity index (χ2n) is 3.47. The molecule has 0 fully saturated rings. The van der Waals surface area contributed by atoms with Crippen molar-refractivity contribution in [2.75, 3.05) is 6.61 Å². The van der Waals surface area contributed by atoms with Gasteiger partial charge in [0.1, 0.15) is 5.75 Å². The molecular formula is C11H11BrClF3O. The summed E-state index contributed by atoms with van der Waals surface area (Å²) in [4.78, 5) is 0. The van der Waals surface area contributed by atoms with Crippen LogP contribution in [0.4, 0.5) is 13.2 Å². The van der Waals surface area contributed by atoms with Gasteiger partial charge in [-0.3, -0.25) is 0 Å². The Labute approximate surface area is 111 Å². The monoisotopic (exact) mass is 330 g/mol. The second kappa shape index (κ2) is 6.50. The lowest BCUT2D eigenvalue weighted by atomic mass is 10.2. The summed E-state index contributed by atoms with van der Waals surface area (Å²) in [5.74, 6) is 0.911. The molecule has 0 aromatic heterocycles. The Morgan fingerprint density at radius 1 is 1.29 bits per heavy atom. The summed E-state index contributed by atoms with van der Waals surface area (Å²) >= 11 is 8.92. The maximum Gasteiger partial charge on any atom is 0.389 e. The molecule has 1 aromatic carbocycles. The molecule has 0 heterocycles. The van der Waals surface area contributed by atoms with Gasteiger partial charge in [-0.1, -0.05) is 6.07 Å². The van der Waals surface area contributed by atoms with Crippen LogP contribution in [0, 0.1) is 0 Å². The molecule has 1 rings (SSSR count). The van der Waals surface area contributed by atoms with E-state index in [9.17, 15) is 13.2 Å². The van der Waals surface area contributed by atoms with Crippen LogP contribution in [0.1, 0.15) is 18.4 Å². The zero-order valence-electron chi connectivity index (χ0n) is 8.86. The number of hydrogen-bond acceptors (Lipinski definition) is 1. The standard InChI is InChI=1S/C11H11BrClF3O/c12-9-6-8(7-13)2-3-10(9)17-5-1-4-11(14,15)16/h2-3,6H,1,4-5,7H2. The molecule has 0 unspecified atom stereocenters. The van der Waals surface area contributed by atoms with Gasteiger partial charge in [0.2, 0.25) is 0 Å². The zero-order chi connectivity index (χ0) is 12.9. The van der Waals surface area contributed by atoms with Crippen LogP contribution in [0.25, 0.3) is 0 Å². The van der Waals surface area contributed by atoms with Crippen molar-refractivity contribution in [3.63, 3.8) is 0 Å². The Morgan fingerprint density at radius 3 is 2.53 bits per heavy atom. The minimum absolute atomic E-state index is 0.0400. The first-order chi connectivity index (χ1) is 7.92. The fourth-order valence-corrected chi connectivity index (χ4v) is 1.91. The maximum absolute atomic E-state index is 11.9. The van der Waals surface area contributed by atoms with Crippen molar-refractivity contribution in [1.29, 1.82) is 0 Å². The van der Waals surface area contributed by atoms with Gasteiger partial charge in [-0.25, -0.2) is 0 Å². The van der Waals surface area contributed by atoms with E-state index in [2.05, 4.69) is 15.9 Å². The summed E-state index contributed by atoms with van der Waals surface area (Å²) in [6, 6.07) is 5.25. The fraction of sp³-hybridized carbons (Fsp3) is 0.455. The molecular weight excluding hydrogens is 320 g/mol. The Hall–Kier alpha value is -0.420. The first kappa shape index (κ1) is 14.6. The van der Waals surface area contributed by atoms with Gasteiger partial charge in [0.25, 0.3) is 0 Å².